The fourth-order valence-electron chi connectivity index (χ4n) is 2.03. The van der Waals surface area contributed by atoms with Gasteiger partial charge in [0.25, 0.3) is 5.91 Å². The summed E-state index contributed by atoms with van der Waals surface area (Å²) in [5.74, 6) is -0.384. The number of pyridine rings is 1. The molecule has 2 rings (SSSR count). The molecule has 0 saturated carbocycles. The summed E-state index contributed by atoms with van der Waals surface area (Å²) in [6.07, 6.45) is 2.66. The molecule has 5 heteroatoms. The quantitative estimate of drug-likeness (QED) is 0.880. The third-order valence-electron chi connectivity index (χ3n) is 2.97. The van der Waals surface area contributed by atoms with Crippen LogP contribution in [-0.4, -0.2) is 15.7 Å². The highest BCUT2D eigenvalue weighted by atomic mass is 35.5. The lowest BCUT2D eigenvalue weighted by Crippen LogP contribution is -2.27. The van der Waals surface area contributed by atoms with Crippen molar-refractivity contribution in [2.75, 3.05) is 0 Å². The van der Waals surface area contributed by atoms with Crippen LogP contribution >= 0.6 is 23.2 Å². The number of carbonyl (C=O) groups is 1. The first-order chi connectivity index (χ1) is 9.13. The second kappa shape index (κ2) is 6.22. The standard InChI is InChI=1S/C14H14Cl2N2O/c1-2-12-11-5-3-4-9(10(11)6-7-17-12)8-18-14(19)13(15)16/h3-7,13H,2,8H2,1H3,(H,18,19). The van der Waals surface area contributed by atoms with Gasteiger partial charge in [-0.15, -0.1) is 0 Å². The van der Waals surface area contributed by atoms with Gasteiger partial charge in [-0.25, -0.2) is 0 Å². The lowest BCUT2D eigenvalue weighted by molar-refractivity contribution is -0.119. The first-order valence-corrected chi connectivity index (χ1v) is 6.92. The summed E-state index contributed by atoms with van der Waals surface area (Å²) in [6, 6.07) is 7.93. The average molecular weight is 297 g/mol. The van der Waals surface area contributed by atoms with Crippen molar-refractivity contribution in [3.05, 3.63) is 41.7 Å². The van der Waals surface area contributed by atoms with Crippen LogP contribution in [0.15, 0.2) is 30.5 Å². The molecule has 1 aromatic heterocycles. The van der Waals surface area contributed by atoms with Crippen molar-refractivity contribution >= 4 is 39.9 Å². The molecule has 0 bridgehead atoms. The van der Waals surface area contributed by atoms with Crippen molar-refractivity contribution in [1.82, 2.24) is 10.3 Å². The zero-order valence-electron chi connectivity index (χ0n) is 10.5. The smallest absolute Gasteiger partial charge is 0.253 e. The lowest BCUT2D eigenvalue weighted by atomic mass is 10.0. The Morgan fingerprint density at radius 2 is 2.11 bits per heavy atom. The Morgan fingerprint density at radius 1 is 1.32 bits per heavy atom. The maximum absolute atomic E-state index is 11.4. The highest BCUT2D eigenvalue weighted by molar-refractivity contribution is 6.53. The van der Waals surface area contributed by atoms with E-state index in [1.807, 2.05) is 24.3 Å². The second-order valence-electron chi connectivity index (χ2n) is 4.14. The molecule has 19 heavy (non-hydrogen) atoms. The van der Waals surface area contributed by atoms with Crippen molar-refractivity contribution in [3.63, 3.8) is 0 Å². The molecule has 0 aliphatic carbocycles. The van der Waals surface area contributed by atoms with Crippen LogP contribution in [0.25, 0.3) is 10.8 Å². The van der Waals surface area contributed by atoms with Crippen LogP contribution in [0.4, 0.5) is 0 Å². The predicted octanol–water partition coefficient (Wildman–Crippen LogP) is 3.22. The van der Waals surface area contributed by atoms with Crippen LogP contribution in [-0.2, 0) is 17.8 Å². The number of fused-ring (bicyclic) bond motifs is 1. The summed E-state index contributed by atoms with van der Waals surface area (Å²) in [4.78, 5) is 14.7. The minimum atomic E-state index is -1.04. The van der Waals surface area contributed by atoms with Crippen molar-refractivity contribution < 1.29 is 4.79 Å². The van der Waals surface area contributed by atoms with E-state index in [0.717, 1.165) is 28.5 Å². The van der Waals surface area contributed by atoms with Gasteiger partial charge in [0.05, 0.1) is 0 Å². The highest BCUT2D eigenvalue weighted by Gasteiger charge is 2.11. The fraction of sp³-hybridized carbons (Fsp3) is 0.286. The van der Waals surface area contributed by atoms with E-state index in [1.165, 1.54) is 0 Å². The van der Waals surface area contributed by atoms with Crippen LogP contribution in [0.1, 0.15) is 18.2 Å². The predicted molar refractivity (Wildman–Crippen MR) is 78.5 cm³/mol. The van der Waals surface area contributed by atoms with Gasteiger partial charge in [-0.1, -0.05) is 48.3 Å². The van der Waals surface area contributed by atoms with Crippen LogP contribution < -0.4 is 5.32 Å². The summed E-state index contributed by atoms with van der Waals surface area (Å²) in [5, 5.41) is 4.91. The molecule has 1 amide bonds. The minimum absolute atomic E-state index is 0.384. The Labute approximate surface area is 121 Å². The van der Waals surface area contributed by atoms with Gasteiger partial charge in [0.2, 0.25) is 0 Å². The zero-order valence-corrected chi connectivity index (χ0v) is 12.0. The SMILES string of the molecule is CCc1nccc2c(CNC(=O)C(Cl)Cl)cccc12. The van der Waals surface area contributed by atoms with Crippen molar-refractivity contribution in [2.45, 2.75) is 24.7 Å². The van der Waals surface area contributed by atoms with E-state index < -0.39 is 4.84 Å². The Morgan fingerprint density at radius 3 is 2.79 bits per heavy atom. The zero-order chi connectivity index (χ0) is 13.8. The summed E-state index contributed by atoms with van der Waals surface area (Å²) in [7, 11) is 0. The van der Waals surface area contributed by atoms with Gasteiger partial charge in [-0.3, -0.25) is 9.78 Å². The second-order valence-corrected chi connectivity index (χ2v) is 5.24. The molecule has 1 heterocycles. The van der Waals surface area contributed by atoms with Gasteiger partial charge in [0.1, 0.15) is 0 Å². The van der Waals surface area contributed by atoms with Crippen LogP contribution in [0.3, 0.4) is 0 Å². The third kappa shape index (κ3) is 3.17. The number of halogens is 2. The molecule has 0 atom stereocenters. The molecular formula is C14H14Cl2N2O. The molecule has 3 nitrogen and oxygen atoms in total. The number of hydrogen-bond donors (Lipinski definition) is 1. The average Bonchev–Trinajstić information content (AvgIpc) is 2.43. The Bertz CT molecular complexity index is 599. The van der Waals surface area contributed by atoms with Crippen LogP contribution in [0, 0.1) is 0 Å². The molecular weight excluding hydrogens is 283 g/mol. The van der Waals surface area contributed by atoms with Gasteiger partial charge in [-0.05, 0) is 23.4 Å². The number of carbonyl (C=O) groups excluding carboxylic acids is 1. The fourth-order valence-corrected chi connectivity index (χ4v) is 2.18. The topological polar surface area (TPSA) is 42.0 Å². The molecule has 0 fully saturated rings. The molecule has 1 aromatic carbocycles. The van der Waals surface area contributed by atoms with Gasteiger partial charge >= 0.3 is 0 Å². The van der Waals surface area contributed by atoms with E-state index in [4.69, 9.17) is 23.2 Å². The highest BCUT2D eigenvalue weighted by Crippen LogP contribution is 2.21. The Hall–Kier alpha value is -1.32. The number of aryl methyl sites for hydroxylation is 1. The number of amides is 1. The van der Waals surface area contributed by atoms with Gasteiger partial charge < -0.3 is 5.32 Å². The monoisotopic (exact) mass is 296 g/mol. The molecule has 0 saturated heterocycles. The molecule has 0 spiro atoms. The van der Waals surface area contributed by atoms with Gasteiger partial charge in [-0.2, -0.15) is 0 Å². The van der Waals surface area contributed by atoms with E-state index in [9.17, 15) is 4.79 Å². The van der Waals surface area contributed by atoms with Crippen LogP contribution in [0.2, 0.25) is 0 Å². The Balaban J connectivity index is 2.31. The van der Waals surface area contributed by atoms with E-state index in [-0.39, 0.29) is 5.91 Å². The number of nitrogens with one attached hydrogen (secondary N) is 1. The van der Waals surface area contributed by atoms with E-state index >= 15 is 0 Å². The van der Waals surface area contributed by atoms with Crippen molar-refractivity contribution in [3.8, 4) is 0 Å². The minimum Gasteiger partial charge on any atom is -0.350 e. The van der Waals surface area contributed by atoms with E-state index in [0.29, 0.717) is 6.54 Å². The summed E-state index contributed by atoms with van der Waals surface area (Å²) in [5.41, 5.74) is 2.08. The molecule has 2 aromatic rings. The number of aromatic nitrogens is 1. The lowest BCUT2D eigenvalue weighted by Gasteiger charge is -2.10. The number of benzene rings is 1. The molecule has 0 unspecified atom stereocenters. The molecule has 0 aliphatic heterocycles. The molecule has 0 aliphatic rings. The number of rotatable bonds is 4. The maximum atomic E-state index is 11.4. The normalized spacial score (nSPS) is 10.9. The summed E-state index contributed by atoms with van der Waals surface area (Å²) >= 11 is 11.0. The summed E-state index contributed by atoms with van der Waals surface area (Å²) in [6.45, 7) is 2.47. The molecule has 0 radical (unpaired) electrons. The third-order valence-corrected chi connectivity index (χ3v) is 3.36. The van der Waals surface area contributed by atoms with E-state index in [2.05, 4.69) is 17.2 Å². The van der Waals surface area contributed by atoms with Gasteiger partial charge in [0, 0.05) is 23.8 Å². The molecule has 100 valence electrons. The maximum Gasteiger partial charge on any atom is 0.253 e. The Kier molecular flexibility index (Phi) is 4.61. The first kappa shape index (κ1) is 14.1. The summed E-state index contributed by atoms with van der Waals surface area (Å²) < 4.78 is 0. The molecule has 1 N–H and O–H groups in total. The first-order valence-electron chi connectivity index (χ1n) is 6.04. The van der Waals surface area contributed by atoms with Gasteiger partial charge in [0.15, 0.2) is 4.84 Å². The van der Waals surface area contributed by atoms with Crippen LogP contribution in [0.5, 0.6) is 0 Å². The largest absolute Gasteiger partial charge is 0.350 e. The number of hydrogen-bond acceptors (Lipinski definition) is 2. The van der Waals surface area contributed by atoms with E-state index in [1.54, 1.807) is 6.20 Å². The van der Waals surface area contributed by atoms with Crippen molar-refractivity contribution in [2.24, 2.45) is 0 Å². The number of nitrogens with zero attached hydrogens (tertiary/aromatic N) is 1. The number of alkyl halides is 2. The van der Waals surface area contributed by atoms with Crippen molar-refractivity contribution in [1.29, 1.82) is 0 Å².